The number of piperidine rings is 1. The van der Waals surface area contributed by atoms with Crippen molar-refractivity contribution < 1.29 is 9.21 Å². The van der Waals surface area contributed by atoms with Gasteiger partial charge in [0.05, 0.1) is 0 Å². The number of carbonyl (C=O) groups is 1. The van der Waals surface area contributed by atoms with Gasteiger partial charge in [0, 0.05) is 37.5 Å². The molecule has 1 amide bonds. The van der Waals surface area contributed by atoms with E-state index in [0.29, 0.717) is 12.3 Å². The molecule has 0 radical (unpaired) electrons. The molecule has 7 heteroatoms. The molecule has 3 rings (SSSR count). The lowest BCUT2D eigenvalue weighted by Crippen LogP contribution is -2.39. The summed E-state index contributed by atoms with van der Waals surface area (Å²) in [5, 5.41) is 7.19. The van der Waals surface area contributed by atoms with Gasteiger partial charge < -0.3 is 9.32 Å². The summed E-state index contributed by atoms with van der Waals surface area (Å²) < 4.78 is 5.96. The van der Waals surface area contributed by atoms with Crippen molar-refractivity contribution in [2.75, 3.05) is 26.2 Å². The first-order valence-corrected chi connectivity index (χ1v) is 10.1. The summed E-state index contributed by atoms with van der Waals surface area (Å²) in [6.07, 6.45) is 2.76. The van der Waals surface area contributed by atoms with E-state index in [4.69, 9.17) is 4.42 Å². The van der Waals surface area contributed by atoms with Gasteiger partial charge in [-0.3, -0.25) is 14.8 Å². The van der Waals surface area contributed by atoms with Crippen LogP contribution in [-0.2, 0) is 13.0 Å². The van der Waals surface area contributed by atoms with Crippen molar-refractivity contribution in [3.8, 4) is 0 Å². The summed E-state index contributed by atoms with van der Waals surface area (Å²) >= 11 is 0. The lowest BCUT2D eigenvalue weighted by molar-refractivity contribution is 0.0670. The molecule has 0 saturated carbocycles. The van der Waals surface area contributed by atoms with E-state index in [0.717, 1.165) is 68.4 Å². The molecular formula is C20H31N5O2. The highest BCUT2D eigenvalue weighted by molar-refractivity contribution is 5.92. The van der Waals surface area contributed by atoms with E-state index in [1.165, 1.54) is 0 Å². The highest BCUT2D eigenvalue weighted by Crippen LogP contribution is 2.27. The van der Waals surface area contributed by atoms with Crippen LogP contribution in [0.25, 0.3) is 0 Å². The van der Waals surface area contributed by atoms with Gasteiger partial charge in [0.25, 0.3) is 5.91 Å². The molecule has 1 aliphatic rings. The molecule has 1 atom stereocenters. The second-order valence-electron chi connectivity index (χ2n) is 7.24. The minimum Gasteiger partial charge on any atom is -0.456 e. The Hall–Kier alpha value is -2.15. The Morgan fingerprint density at radius 3 is 2.78 bits per heavy atom. The molecule has 27 heavy (non-hydrogen) atoms. The van der Waals surface area contributed by atoms with E-state index in [1.54, 1.807) is 0 Å². The Morgan fingerprint density at radius 1 is 1.37 bits per heavy atom. The summed E-state index contributed by atoms with van der Waals surface area (Å²) in [7, 11) is 0. The van der Waals surface area contributed by atoms with E-state index in [1.807, 2.05) is 17.9 Å². The van der Waals surface area contributed by atoms with E-state index in [-0.39, 0.29) is 11.8 Å². The second-order valence-corrected chi connectivity index (χ2v) is 7.24. The van der Waals surface area contributed by atoms with Gasteiger partial charge in [-0.2, -0.15) is 5.10 Å². The number of furan rings is 1. The number of aromatic amines is 1. The summed E-state index contributed by atoms with van der Waals surface area (Å²) in [5.74, 6) is 3.16. The molecule has 7 nitrogen and oxygen atoms in total. The average molecular weight is 374 g/mol. The van der Waals surface area contributed by atoms with Crippen LogP contribution in [0.2, 0.25) is 0 Å². The van der Waals surface area contributed by atoms with Crippen molar-refractivity contribution in [3.05, 3.63) is 34.8 Å². The van der Waals surface area contributed by atoms with Crippen molar-refractivity contribution in [1.29, 1.82) is 0 Å². The molecule has 0 spiro atoms. The Labute approximate surface area is 161 Å². The number of hydrogen-bond donors (Lipinski definition) is 1. The van der Waals surface area contributed by atoms with Crippen LogP contribution in [0, 0.1) is 6.92 Å². The van der Waals surface area contributed by atoms with E-state index >= 15 is 0 Å². The van der Waals surface area contributed by atoms with Crippen molar-refractivity contribution in [3.63, 3.8) is 0 Å². The molecule has 3 heterocycles. The molecule has 1 fully saturated rings. The fraction of sp³-hybridized carbons (Fsp3) is 0.650. The first-order valence-electron chi connectivity index (χ1n) is 10.1. The number of amides is 1. The highest BCUT2D eigenvalue weighted by atomic mass is 16.4. The lowest BCUT2D eigenvalue weighted by Gasteiger charge is -2.30. The van der Waals surface area contributed by atoms with Gasteiger partial charge in [-0.25, -0.2) is 4.98 Å². The molecule has 0 aliphatic carbocycles. The molecule has 0 bridgehead atoms. The summed E-state index contributed by atoms with van der Waals surface area (Å²) in [5.41, 5.74) is 1.13. The first kappa shape index (κ1) is 19.6. The highest BCUT2D eigenvalue weighted by Gasteiger charge is 2.29. The topological polar surface area (TPSA) is 78.3 Å². The van der Waals surface area contributed by atoms with Crippen LogP contribution in [0.15, 0.2) is 10.5 Å². The summed E-state index contributed by atoms with van der Waals surface area (Å²) in [6.45, 7) is 12.5. The number of nitrogens with zero attached hydrogens (tertiary/aromatic N) is 4. The molecule has 0 unspecified atom stereocenters. The Bertz CT molecular complexity index is 762. The second kappa shape index (κ2) is 8.69. The van der Waals surface area contributed by atoms with E-state index in [9.17, 15) is 4.79 Å². The van der Waals surface area contributed by atoms with Gasteiger partial charge in [-0.1, -0.05) is 20.8 Å². The number of likely N-dealkylation sites (tertiary alicyclic amines) is 1. The van der Waals surface area contributed by atoms with Gasteiger partial charge in [0.1, 0.15) is 11.6 Å². The van der Waals surface area contributed by atoms with Gasteiger partial charge in [-0.15, -0.1) is 0 Å². The maximum atomic E-state index is 13.1. The van der Waals surface area contributed by atoms with Gasteiger partial charge in [0.15, 0.2) is 11.6 Å². The van der Waals surface area contributed by atoms with Crippen LogP contribution in [0.5, 0.6) is 0 Å². The van der Waals surface area contributed by atoms with Crippen LogP contribution in [0.1, 0.15) is 73.1 Å². The van der Waals surface area contributed by atoms with Crippen LogP contribution in [0.4, 0.5) is 0 Å². The summed E-state index contributed by atoms with van der Waals surface area (Å²) in [4.78, 5) is 21.7. The number of rotatable bonds is 7. The zero-order valence-electron chi connectivity index (χ0n) is 16.9. The van der Waals surface area contributed by atoms with Crippen molar-refractivity contribution >= 4 is 5.91 Å². The van der Waals surface area contributed by atoms with E-state index in [2.05, 4.69) is 40.9 Å². The molecule has 2 aromatic heterocycles. The number of nitrogens with one attached hydrogen (secondary N) is 1. The Morgan fingerprint density at radius 2 is 2.15 bits per heavy atom. The lowest BCUT2D eigenvalue weighted by atomic mass is 9.97. The van der Waals surface area contributed by atoms with Crippen molar-refractivity contribution in [2.45, 2.75) is 59.4 Å². The molecule has 148 valence electrons. The van der Waals surface area contributed by atoms with Crippen LogP contribution < -0.4 is 0 Å². The van der Waals surface area contributed by atoms with Crippen LogP contribution in [0.3, 0.4) is 0 Å². The quantitative estimate of drug-likeness (QED) is 0.807. The van der Waals surface area contributed by atoms with Crippen molar-refractivity contribution in [2.24, 2.45) is 0 Å². The fourth-order valence-electron chi connectivity index (χ4n) is 3.76. The number of hydrogen-bond acceptors (Lipinski definition) is 5. The van der Waals surface area contributed by atoms with Gasteiger partial charge >= 0.3 is 0 Å². The fourth-order valence-corrected chi connectivity index (χ4v) is 3.76. The maximum Gasteiger partial charge on any atom is 0.289 e. The zero-order chi connectivity index (χ0) is 19.4. The molecular weight excluding hydrogens is 342 g/mol. The van der Waals surface area contributed by atoms with E-state index < -0.39 is 0 Å². The van der Waals surface area contributed by atoms with Crippen LogP contribution in [-0.4, -0.2) is 57.1 Å². The molecule has 0 aromatic carbocycles. The molecule has 1 saturated heterocycles. The number of aromatic nitrogens is 3. The molecule has 2 aromatic rings. The van der Waals surface area contributed by atoms with Crippen LogP contribution >= 0.6 is 0 Å². The third-order valence-corrected chi connectivity index (χ3v) is 5.41. The zero-order valence-corrected chi connectivity index (χ0v) is 16.9. The minimum absolute atomic E-state index is 0.0209. The largest absolute Gasteiger partial charge is 0.456 e. The summed E-state index contributed by atoms with van der Waals surface area (Å²) in [6, 6.07) is 1.94. The Balaban J connectivity index is 1.73. The Kier molecular flexibility index (Phi) is 6.31. The predicted octanol–water partition coefficient (Wildman–Crippen LogP) is 3.13. The molecule has 1 N–H and O–H groups in total. The SMILES string of the molecule is CCc1oc(C(=O)N2CCC[C@H](c3n[nH]c(C)n3)C2)cc1CN(CC)CC. The average Bonchev–Trinajstić information content (AvgIpc) is 3.31. The smallest absolute Gasteiger partial charge is 0.289 e. The first-order chi connectivity index (χ1) is 13.0. The third-order valence-electron chi connectivity index (χ3n) is 5.41. The van der Waals surface area contributed by atoms with Gasteiger partial charge in [0.2, 0.25) is 0 Å². The minimum atomic E-state index is -0.0209. The molecule has 1 aliphatic heterocycles. The predicted molar refractivity (Wildman–Crippen MR) is 104 cm³/mol. The van der Waals surface area contributed by atoms with Gasteiger partial charge in [-0.05, 0) is 38.9 Å². The number of H-pyrrole nitrogens is 1. The third kappa shape index (κ3) is 4.40. The maximum absolute atomic E-state index is 13.1. The normalized spacial score (nSPS) is 17.7. The standard InChI is InChI=1S/C20H31N5O2/c1-5-17-16(12-24(6-2)7-3)11-18(27-17)20(26)25-10-8-9-15(13-25)19-21-14(4)22-23-19/h11,15H,5-10,12-13H2,1-4H3,(H,21,22,23)/t15-/m0/s1. The number of aryl methyl sites for hydroxylation is 2. The number of carbonyl (C=O) groups excluding carboxylic acids is 1. The monoisotopic (exact) mass is 373 g/mol. The van der Waals surface area contributed by atoms with Crippen molar-refractivity contribution in [1.82, 2.24) is 25.0 Å².